The van der Waals surface area contributed by atoms with Gasteiger partial charge < -0.3 is 49.1 Å². The first kappa shape index (κ1) is 66.6. The van der Waals surface area contributed by atoms with Crippen LogP contribution in [0.15, 0.2) is 0 Å². The lowest BCUT2D eigenvalue weighted by Gasteiger charge is -2.41. The molecular formula is C77H135N3O7. The molecule has 500 valence electrons. The fraction of sp³-hybridized carbons (Fsp3) is 1.00. The van der Waals surface area contributed by atoms with Crippen LogP contribution in [-0.2, 0) is 33.2 Å². The summed E-state index contributed by atoms with van der Waals surface area (Å²) in [6.07, 6.45) is 68.5. The zero-order valence-corrected chi connectivity index (χ0v) is 55.0. The number of rotatable bonds is 0. The van der Waals surface area contributed by atoms with Gasteiger partial charge in [0.25, 0.3) is 0 Å². The van der Waals surface area contributed by atoms with Gasteiger partial charge in [0.1, 0.15) is 0 Å². The van der Waals surface area contributed by atoms with Gasteiger partial charge >= 0.3 is 0 Å². The summed E-state index contributed by atoms with van der Waals surface area (Å²) in [5, 5.41) is 10.5. The molecule has 14 saturated heterocycles. The van der Waals surface area contributed by atoms with Gasteiger partial charge in [-0.1, -0.05) is 71.6 Å². The summed E-state index contributed by atoms with van der Waals surface area (Å²) in [4.78, 5) is 0. The summed E-state index contributed by atoms with van der Waals surface area (Å²) in [7, 11) is 0. The Labute approximate surface area is 533 Å². The van der Waals surface area contributed by atoms with Crippen molar-refractivity contribution >= 4 is 0 Å². The van der Waals surface area contributed by atoms with Gasteiger partial charge in [0, 0.05) is 31.9 Å². The first-order chi connectivity index (χ1) is 42.4. The fourth-order valence-corrected chi connectivity index (χ4v) is 21.1. The Bertz CT molecular complexity index is 1560. The number of nitrogens with one attached hydrogen (secondary N) is 3. The molecule has 0 aromatic rings. The lowest BCUT2D eigenvalue weighted by atomic mass is 9.59. The van der Waals surface area contributed by atoms with Crippen LogP contribution in [-0.4, -0.2) is 126 Å². The molecule has 14 heterocycles. The molecule has 0 radical (unpaired) electrons. The van der Waals surface area contributed by atoms with Crippen LogP contribution < -0.4 is 16.0 Å². The van der Waals surface area contributed by atoms with Crippen LogP contribution in [0, 0.1) is 71.0 Å². The Kier molecular flexibility index (Phi) is 25.9. The quantitative estimate of drug-likeness (QED) is 0.203. The highest BCUT2D eigenvalue weighted by Crippen LogP contribution is 2.69. The van der Waals surface area contributed by atoms with Crippen molar-refractivity contribution in [3.63, 3.8) is 0 Å². The molecule has 26 aliphatic rings. The first-order valence-electron chi connectivity index (χ1n) is 39.0. The minimum absolute atomic E-state index is 0. The van der Waals surface area contributed by atoms with E-state index in [1.54, 1.807) is 64.2 Å². The molecule has 0 aromatic heterocycles. The van der Waals surface area contributed by atoms with Gasteiger partial charge in [0.2, 0.25) is 0 Å². The van der Waals surface area contributed by atoms with E-state index in [0.717, 1.165) is 122 Å². The second-order valence-corrected chi connectivity index (χ2v) is 33.4. The Morgan fingerprint density at radius 1 is 0.276 bits per heavy atom. The second-order valence-electron chi connectivity index (χ2n) is 33.4. The molecule has 14 aliphatic heterocycles. The molecule has 26 fully saturated rings. The van der Waals surface area contributed by atoms with E-state index in [9.17, 15) is 0 Å². The van der Waals surface area contributed by atoms with Crippen LogP contribution in [0.5, 0.6) is 0 Å². The Balaban J connectivity index is 0.0000000933. The molecule has 1 spiro atoms. The predicted octanol–water partition coefficient (Wildman–Crippen LogP) is 16.7. The third-order valence-electron chi connectivity index (χ3n) is 26.9. The van der Waals surface area contributed by atoms with Crippen molar-refractivity contribution in [3.05, 3.63) is 0 Å². The Morgan fingerprint density at radius 3 is 0.920 bits per heavy atom. The van der Waals surface area contributed by atoms with E-state index in [1.807, 2.05) is 0 Å². The van der Waals surface area contributed by atoms with E-state index in [4.69, 9.17) is 33.2 Å². The number of ether oxygens (including phenoxy) is 7. The topological polar surface area (TPSA) is 104 Å². The highest BCUT2D eigenvalue weighted by Gasteiger charge is 2.75. The standard InChI is InChI=1S/2C8H14.3C7H13N.C7H12O2.2C7H12O.C6H8O.2C6H10O.CH4/c2*1-2-7-4-5-8(3-1)6-7;2*1-3-7-4-2-6(1)5-8-7;1-2-7-3-6(1)4-8-5-7;1-2-6-4-8-5-7(3-1)9-6;1-2-7-3-6(1)4-8-5-7;1-2-6-4-5-7(3-1)8-6;1-2-6-4(1)3-5(6)7-6;1-2-6-3-5(1)4-7-6;1-2-5-4-6(3-1)7-5;/h2*7-8H,1-6H2;3*6-8H,1-5H2;6-7H,1-5H2;2*6-7H,1-5H2;4-5H,1-3H2;2*5-6H,1-4H2;1H4. The fourth-order valence-electron chi connectivity index (χ4n) is 21.1. The van der Waals surface area contributed by atoms with Crippen molar-refractivity contribution < 1.29 is 33.2 Å². The maximum atomic E-state index is 5.60. The number of epoxide rings is 1. The SMILES string of the molecule is C.C1CC23OC2CC13.C1CC2CC(C1)O2.C1CC2CC1CO2.C1CC2CCC(C1)C2.C1CC2CCC(C1)C2.C1CC2CCC(C1)O2.C1CC2CCC1CN2.C1CC2CCC1CN2.C1CC2CNCC1C2.C1CC2COCC(C1)O2.C1CC2COCC1C2. The van der Waals surface area contributed by atoms with Crippen molar-refractivity contribution in [1.82, 2.24) is 16.0 Å². The van der Waals surface area contributed by atoms with Gasteiger partial charge in [-0.25, -0.2) is 0 Å². The maximum Gasteiger partial charge on any atom is 0.0977 e. The zero-order chi connectivity index (χ0) is 57.7. The third-order valence-corrected chi connectivity index (χ3v) is 26.9. The minimum atomic E-state index is 0. The first-order valence-corrected chi connectivity index (χ1v) is 39.0. The normalized spacial score (nSPS) is 46.9. The molecule has 12 aliphatic carbocycles. The average molecular weight is 1210 g/mol. The van der Waals surface area contributed by atoms with Crippen LogP contribution in [0.1, 0.15) is 290 Å². The summed E-state index contributed by atoms with van der Waals surface area (Å²) in [5.74, 6) is 12.7. The van der Waals surface area contributed by atoms with E-state index in [2.05, 4.69) is 16.0 Å². The smallest absolute Gasteiger partial charge is 0.0977 e. The number of hydrogen-bond donors (Lipinski definition) is 3. The minimum Gasteiger partial charge on any atom is -0.381 e. The summed E-state index contributed by atoms with van der Waals surface area (Å²) in [6.45, 7) is 10.0. The van der Waals surface area contributed by atoms with Crippen LogP contribution in [0.3, 0.4) is 0 Å². The summed E-state index contributed by atoms with van der Waals surface area (Å²) in [5.41, 5.74) is 0.528. The molecule has 10 nitrogen and oxygen atoms in total. The van der Waals surface area contributed by atoms with E-state index in [0.29, 0.717) is 48.3 Å². The van der Waals surface area contributed by atoms with Crippen LogP contribution in [0.4, 0.5) is 0 Å². The van der Waals surface area contributed by atoms with Gasteiger partial charge in [-0.2, -0.15) is 0 Å². The molecule has 3 N–H and O–H groups in total. The Hall–Kier alpha value is -0.400. The maximum absolute atomic E-state index is 5.60. The van der Waals surface area contributed by atoms with Crippen LogP contribution in [0.25, 0.3) is 0 Å². The molecule has 20 bridgehead atoms. The highest BCUT2D eigenvalue weighted by molar-refractivity contribution is 5.23. The van der Waals surface area contributed by atoms with Gasteiger partial charge in [-0.05, 0) is 316 Å². The van der Waals surface area contributed by atoms with E-state index >= 15 is 0 Å². The van der Waals surface area contributed by atoms with Gasteiger partial charge in [0.05, 0.1) is 67.6 Å². The Morgan fingerprint density at radius 2 is 0.667 bits per heavy atom. The number of hydrogen-bond acceptors (Lipinski definition) is 10. The molecular weight excluding hydrogens is 1080 g/mol. The van der Waals surface area contributed by atoms with Crippen molar-refractivity contribution in [2.45, 2.75) is 356 Å². The van der Waals surface area contributed by atoms with Crippen molar-refractivity contribution in [3.8, 4) is 0 Å². The molecule has 12 saturated carbocycles. The molecule has 0 amide bonds. The van der Waals surface area contributed by atoms with Crippen molar-refractivity contribution in [2.24, 2.45) is 71.0 Å². The molecule has 26 rings (SSSR count). The van der Waals surface area contributed by atoms with Gasteiger partial charge in [-0.15, -0.1) is 0 Å². The molecule has 19 unspecified atom stereocenters. The number of piperidine rings is 5. The molecule has 10 heteroatoms. The monoisotopic (exact) mass is 1210 g/mol. The van der Waals surface area contributed by atoms with Crippen LogP contribution in [0.2, 0.25) is 0 Å². The lowest BCUT2D eigenvalue weighted by molar-refractivity contribution is -0.160. The van der Waals surface area contributed by atoms with E-state index < -0.39 is 0 Å². The van der Waals surface area contributed by atoms with Crippen molar-refractivity contribution in [1.29, 1.82) is 0 Å². The summed E-state index contributed by atoms with van der Waals surface area (Å²) in [6, 6.07) is 1.81. The van der Waals surface area contributed by atoms with Crippen LogP contribution >= 0.6 is 0 Å². The zero-order valence-electron chi connectivity index (χ0n) is 55.0. The van der Waals surface area contributed by atoms with Gasteiger partial charge in [-0.3, -0.25) is 0 Å². The molecule has 19 atom stereocenters. The molecule has 87 heavy (non-hydrogen) atoms. The lowest BCUT2D eigenvalue weighted by Crippen LogP contribution is -2.46. The largest absolute Gasteiger partial charge is 0.381 e. The van der Waals surface area contributed by atoms with Crippen molar-refractivity contribution in [2.75, 3.05) is 59.2 Å². The number of fused-ring (bicyclic) bond motifs is 22. The third kappa shape index (κ3) is 19.9. The van der Waals surface area contributed by atoms with E-state index in [1.165, 1.54) is 244 Å². The van der Waals surface area contributed by atoms with Gasteiger partial charge in [0.15, 0.2) is 0 Å². The highest BCUT2D eigenvalue weighted by atomic mass is 16.6. The predicted molar refractivity (Wildman–Crippen MR) is 353 cm³/mol. The summed E-state index contributed by atoms with van der Waals surface area (Å²) < 4.78 is 38.0. The van der Waals surface area contributed by atoms with E-state index in [-0.39, 0.29) is 7.43 Å². The average Bonchev–Trinajstić information content (AvgIpc) is 1.51. The second kappa shape index (κ2) is 33.8. The summed E-state index contributed by atoms with van der Waals surface area (Å²) >= 11 is 0. The molecule has 0 aromatic carbocycles.